The van der Waals surface area contributed by atoms with Crippen LogP contribution in [0, 0.1) is 0 Å². The molecule has 0 heterocycles. The summed E-state index contributed by atoms with van der Waals surface area (Å²) in [4.78, 5) is 12.1. The third-order valence-electron chi connectivity index (χ3n) is 3.74. The normalized spacial score (nSPS) is 12.4. The maximum absolute atomic E-state index is 12.1. The number of hydrogen-bond acceptors (Lipinski definition) is 4. The van der Waals surface area contributed by atoms with Crippen molar-refractivity contribution in [3.63, 3.8) is 0 Å². The van der Waals surface area contributed by atoms with Gasteiger partial charge in [0.1, 0.15) is 16.7 Å². The SMILES string of the molecule is CCCS(=O)(=O)[C@@H](C)C(=O)NCc1cccc(Oc2ccccc2)c1. The van der Waals surface area contributed by atoms with Crippen LogP contribution < -0.4 is 10.1 Å². The Morgan fingerprint density at radius 2 is 1.76 bits per heavy atom. The summed E-state index contributed by atoms with van der Waals surface area (Å²) in [5.41, 5.74) is 0.835. The Hall–Kier alpha value is -2.34. The number of nitrogens with one attached hydrogen (secondary N) is 1. The van der Waals surface area contributed by atoms with Gasteiger partial charge in [-0.05, 0) is 43.2 Å². The molecule has 0 unspecified atom stereocenters. The summed E-state index contributed by atoms with van der Waals surface area (Å²) in [6.45, 7) is 3.45. The number of ether oxygens (including phenoxy) is 1. The van der Waals surface area contributed by atoms with Crippen molar-refractivity contribution in [1.29, 1.82) is 0 Å². The third kappa shape index (κ3) is 5.60. The van der Waals surface area contributed by atoms with E-state index in [9.17, 15) is 13.2 Å². The van der Waals surface area contributed by atoms with E-state index in [1.54, 1.807) is 6.92 Å². The average molecular weight is 361 g/mol. The zero-order valence-corrected chi connectivity index (χ0v) is 15.3. The van der Waals surface area contributed by atoms with E-state index in [-0.39, 0.29) is 12.3 Å². The van der Waals surface area contributed by atoms with Gasteiger partial charge in [0, 0.05) is 6.54 Å². The Balaban J connectivity index is 1.97. The highest BCUT2D eigenvalue weighted by Crippen LogP contribution is 2.21. The third-order valence-corrected chi connectivity index (χ3v) is 6.01. The van der Waals surface area contributed by atoms with Crippen molar-refractivity contribution in [3.05, 3.63) is 60.2 Å². The van der Waals surface area contributed by atoms with E-state index in [1.807, 2.05) is 54.6 Å². The molecule has 0 aliphatic heterocycles. The summed E-state index contributed by atoms with van der Waals surface area (Å²) in [6.07, 6.45) is 0.499. The Kier molecular flexibility index (Phi) is 6.58. The zero-order valence-electron chi connectivity index (χ0n) is 14.4. The van der Waals surface area contributed by atoms with Crippen molar-refractivity contribution in [2.45, 2.75) is 32.1 Å². The first kappa shape index (κ1) is 19.0. The first-order valence-corrected chi connectivity index (χ1v) is 9.95. The molecule has 0 aromatic heterocycles. The van der Waals surface area contributed by atoms with Crippen molar-refractivity contribution in [3.8, 4) is 11.5 Å². The van der Waals surface area contributed by atoms with E-state index in [1.165, 1.54) is 6.92 Å². The minimum atomic E-state index is -3.40. The molecule has 1 N–H and O–H groups in total. The lowest BCUT2D eigenvalue weighted by Gasteiger charge is -2.13. The van der Waals surface area contributed by atoms with Gasteiger partial charge in [-0.2, -0.15) is 0 Å². The minimum Gasteiger partial charge on any atom is -0.457 e. The number of benzene rings is 2. The molecule has 5 nitrogen and oxygen atoms in total. The average Bonchev–Trinajstić information content (AvgIpc) is 2.60. The first-order valence-electron chi connectivity index (χ1n) is 8.23. The lowest BCUT2D eigenvalue weighted by Crippen LogP contribution is -2.38. The zero-order chi connectivity index (χ0) is 18.3. The van der Waals surface area contributed by atoms with Crippen LogP contribution in [0.5, 0.6) is 11.5 Å². The highest BCUT2D eigenvalue weighted by atomic mass is 32.2. The van der Waals surface area contributed by atoms with Crippen LogP contribution in [0.4, 0.5) is 0 Å². The first-order chi connectivity index (χ1) is 11.9. The van der Waals surface area contributed by atoms with Crippen LogP contribution in [0.3, 0.4) is 0 Å². The number of carbonyl (C=O) groups excluding carboxylic acids is 1. The second-order valence-electron chi connectivity index (χ2n) is 5.79. The molecule has 0 fully saturated rings. The van der Waals surface area contributed by atoms with Crippen molar-refractivity contribution >= 4 is 15.7 Å². The fraction of sp³-hybridized carbons (Fsp3) is 0.316. The molecular formula is C19H23NO4S. The predicted octanol–water partition coefficient (Wildman–Crippen LogP) is 3.31. The highest BCUT2D eigenvalue weighted by Gasteiger charge is 2.26. The number of carbonyl (C=O) groups is 1. The molecule has 0 spiro atoms. The fourth-order valence-corrected chi connectivity index (χ4v) is 3.63. The largest absolute Gasteiger partial charge is 0.457 e. The van der Waals surface area contributed by atoms with Crippen molar-refractivity contribution in [1.82, 2.24) is 5.32 Å². The molecule has 134 valence electrons. The quantitative estimate of drug-likeness (QED) is 0.783. The molecular weight excluding hydrogens is 338 g/mol. The van der Waals surface area contributed by atoms with Crippen LogP contribution in [-0.2, 0) is 21.2 Å². The topological polar surface area (TPSA) is 72.5 Å². The fourth-order valence-electron chi connectivity index (χ4n) is 2.30. The lowest BCUT2D eigenvalue weighted by molar-refractivity contribution is -0.120. The molecule has 0 saturated heterocycles. The van der Waals surface area contributed by atoms with E-state index in [2.05, 4.69) is 5.32 Å². The number of para-hydroxylation sites is 1. The summed E-state index contributed by atoms with van der Waals surface area (Å²) in [6, 6.07) is 16.7. The van der Waals surface area contributed by atoms with Crippen LogP contribution in [0.1, 0.15) is 25.8 Å². The maximum Gasteiger partial charge on any atom is 0.238 e. The van der Waals surface area contributed by atoms with Crippen LogP contribution in [0.15, 0.2) is 54.6 Å². The van der Waals surface area contributed by atoms with Crippen LogP contribution in [0.25, 0.3) is 0 Å². The molecule has 0 saturated carbocycles. The van der Waals surface area contributed by atoms with E-state index < -0.39 is 21.0 Å². The summed E-state index contributed by atoms with van der Waals surface area (Å²) in [7, 11) is -3.40. The highest BCUT2D eigenvalue weighted by molar-refractivity contribution is 7.92. The van der Waals surface area contributed by atoms with Gasteiger partial charge in [-0.3, -0.25) is 4.79 Å². The molecule has 25 heavy (non-hydrogen) atoms. The second kappa shape index (κ2) is 8.67. The number of amides is 1. The van der Waals surface area contributed by atoms with Crippen molar-refractivity contribution < 1.29 is 17.9 Å². The summed E-state index contributed by atoms with van der Waals surface area (Å²) < 4.78 is 29.7. The Morgan fingerprint density at radius 1 is 1.08 bits per heavy atom. The number of hydrogen-bond donors (Lipinski definition) is 1. The minimum absolute atomic E-state index is 0.0159. The Bertz CT molecular complexity index is 803. The van der Waals surface area contributed by atoms with Crippen molar-refractivity contribution in [2.24, 2.45) is 0 Å². The van der Waals surface area contributed by atoms with Gasteiger partial charge in [-0.1, -0.05) is 37.3 Å². The van der Waals surface area contributed by atoms with Gasteiger partial charge in [0.15, 0.2) is 9.84 Å². The van der Waals surface area contributed by atoms with E-state index >= 15 is 0 Å². The summed E-state index contributed by atoms with van der Waals surface area (Å²) in [5, 5.41) is 1.64. The van der Waals surface area contributed by atoms with E-state index in [0.29, 0.717) is 12.2 Å². The Morgan fingerprint density at radius 3 is 2.44 bits per heavy atom. The second-order valence-corrected chi connectivity index (χ2v) is 8.23. The Labute approximate surface area is 148 Å². The standard InChI is InChI=1S/C19H23NO4S/c1-3-12-25(22,23)15(2)19(21)20-14-16-8-7-11-18(13-16)24-17-9-5-4-6-10-17/h4-11,13,15H,3,12,14H2,1-2H3,(H,20,21)/t15-/m0/s1. The number of sulfone groups is 1. The van der Waals surface area contributed by atoms with Gasteiger partial charge in [0.2, 0.25) is 5.91 Å². The van der Waals surface area contributed by atoms with Gasteiger partial charge >= 0.3 is 0 Å². The smallest absolute Gasteiger partial charge is 0.238 e. The number of rotatable bonds is 8. The van der Waals surface area contributed by atoms with Crippen LogP contribution in [0.2, 0.25) is 0 Å². The van der Waals surface area contributed by atoms with E-state index in [4.69, 9.17) is 4.74 Å². The molecule has 2 rings (SSSR count). The molecule has 2 aromatic rings. The molecule has 1 amide bonds. The van der Waals surface area contributed by atoms with Gasteiger partial charge in [0.05, 0.1) is 5.75 Å². The molecule has 0 bridgehead atoms. The van der Waals surface area contributed by atoms with Crippen LogP contribution >= 0.6 is 0 Å². The van der Waals surface area contributed by atoms with Gasteiger partial charge in [0.25, 0.3) is 0 Å². The summed E-state index contributed by atoms with van der Waals surface area (Å²) in [5.74, 6) is 0.914. The molecule has 2 aromatic carbocycles. The molecule has 0 aliphatic carbocycles. The lowest BCUT2D eigenvalue weighted by atomic mass is 10.2. The van der Waals surface area contributed by atoms with Crippen LogP contribution in [-0.4, -0.2) is 25.3 Å². The summed E-state index contributed by atoms with van der Waals surface area (Å²) >= 11 is 0. The molecule has 6 heteroatoms. The van der Waals surface area contributed by atoms with E-state index in [0.717, 1.165) is 11.3 Å². The van der Waals surface area contributed by atoms with Gasteiger partial charge in [-0.25, -0.2) is 8.42 Å². The van der Waals surface area contributed by atoms with Gasteiger partial charge in [-0.15, -0.1) is 0 Å². The van der Waals surface area contributed by atoms with Crippen molar-refractivity contribution in [2.75, 3.05) is 5.75 Å². The molecule has 1 atom stereocenters. The van der Waals surface area contributed by atoms with Gasteiger partial charge < -0.3 is 10.1 Å². The molecule has 0 radical (unpaired) electrons. The predicted molar refractivity (Wildman–Crippen MR) is 98.3 cm³/mol. The monoisotopic (exact) mass is 361 g/mol. The maximum atomic E-state index is 12.1. The molecule has 0 aliphatic rings.